The zero-order valence-electron chi connectivity index (χ0n) is 32.2. The Labute approximate surface area is 312 Å². The largest absolute Gasteiger partial charge is 0.311 e. The number of aryl methyl sites for hydroxylation is 4. The Morgan fingerprint density at radius 2 is 0.615 bits per heavy atom. The molecule has 0 saturated heterocycles. The van der Waals surface area contributed by atoms with E-state index >= 15 is 0 Å². The zero-order valence-corrected chi connectivity index (χ0v) is 32.2. The maximum atomic E-state index is 2.42. The molecule has 0 bridgehead atoms. The van der Waals surface area contributed by atoms with Crippen molar-refractivity contribution < 1.29 is 0 Å². The lowest BCUT2D eigenvalue weighted by molar-refractivity contribution is 0.146. The Bertz CT molecular complexity index is 1830. The molecule has 0 aliphatic heterocycles. The highest BCUT2D eigenvalue weighted by Crippen LogP contribution is 2.51. The molecule has 0 radical (unpaired) electrons. The molecule has 2 heteroatoms. The second-order valence-electron chi connectivity index (χ2n) is 16.3. The Kier molecular flexibility index (Phi) is 9.86. The van der Waals surface area contributed by atoms with Crippen molar-refractivity contribution in [3.63, 3.8) is 0 Å². The Hall–Kier alpha value is -5.08. The summed E-state index contributed by atoms with van der Waals surface area (Å²) in [7, 11) is 0. The van der Waals surface area contributed by atoms with E-state index in [1.807, 2.05) is 0 Å². The Balaban J connectivity index is 1.28. The number of hydrogen-bond donors (Lipinski definition) is 0. The van der Waals surface area contributed by atoms with Gasteiger partial charge in [-0.1, -0.05) is 116 Å². The van der Waals surface area contributed by atoms with Crippen LogP contribution in [0.4, 0.5) is 34.1 Å². The first kappa shape index (κ1) is 35.3. The monoisotopic (exact) mass is 682 g/mol. The fourth-order valence-electron chi connectivity index (χ4n) is 8.25. The highest BCUT2D eigenvalue weighted by atomic mass is 15.1. The van der Waals surface area contributed by atoms with E-state index in [1.54, 1.807) is 0 Å². The summed E-state index contributed by atoms with van der Waals surface area (Å²) in [6.07, 6.45) is 4.75. The van der Waals surface area contributed by atoms with Gasteiger partial charge in [-0.2, -0.15) is 0 Å². The van der Waals surface area contributed by atoms with Gasteiger partial charge < -0.3 is 9.80 Å². The van der Waals surface area contributed by atoms with Crippen molar-refractivity contribution in [2.45, 2.75) is 79.6 Å². The first-order valence-corrected chi connectivity index (χ1v) is 19.1. The smallest absolute Gasteiger partial charge is 0.0461 e. The first-order chi connectivity index (χ1) is 25.0. The Morgan fingerprint density at radius 3 is 0.846 bits per heavy atom. The molecular weight excluding hydrogens is 629 g/mol. The molecule has 1 fully saturated rings. The molecule has 6 aromatic carbocycles. The first-order valence-electron chi connectivity index (χ1n) is 19.1. The Morgan fingerprint density at radius 1 is 0.385 bits per heavy atom. The number of anilines is 6. The second-order valence-corrected chi connectivity index (χ2v) is 16.3. The minimum atomic E-state index is -0.0457. The third-order valence-electron chi connectivity index (χ3n) is 11.6. The zero-order chi connectivity index (χ0) is 36.5. The van der Waals surface area contributed by atoms with Gasteiger partial charge in [-0.25, -0.2) is 0 Å². The molecule has 2 nitrogen and oxygen atoms in total. The van der Waals surface area contributed by atoms with Gasteiger partial charge in [-0.3, -0.25) is 0 Å². The SMILES string of the molecule is Cc1ccc(N(c2ccc(C)cc2)c2ccc(C3(c4ccc(N(c5ccc(C)cc5)c5ccc(C)cc5)cc4)CCC(C(C)(C)C)CC3)cc2)cc1. The lowest BCUT2D eigenvalue weighted by Gasteiger charge is -2.45. The van der Waals surface area contributed by atoms with E-state index in [2.05, 4.69) is 204 Å². The topological polar surface area (TPSA) is 6.48 Å². The summed E-state index contributed by atoms with van der Waals surface area (Å²) in [6, 6.07) is 54.5. The molecule has 264 valence electrons. The molecule has 7 rings (SSSR count). The van der Waals surface area contributed by atoms with Crippen LogP contribution in [-0.2, 0) is 5.41 Å². The van der Waals surface area contributed by atoms with E-state index in [-0.39, 0.29) is 5.41 Å². The highest BCUT2D eigenvalue weighted by molar-refractivity contribution is 5.78. The molecule has 1 aliphatic carbocycles. The van der Waals surface area contributed by atoms with E-state index in [9.17, 15) is 0 Å². The van der Waals surface area contributed by atoms with Crippen LogP contribution in [0.1, 0.15) is 79.8 Å². The average molecular weight is 683 g/mol. The minimum absolute atomic E-state index is 0.0457. The number of rotatable bonds is 8. The van der Waals surface area contributed by atoms with Crippen LogP contribution in [0, 0.1) is 39.0 Å². The summed E-state index contributed by atoms with van der Waals surface area (Å²) in [5.74, 6) is 0.719. The number of hydrogen-bond acceptors (Lipinski definition) is 2. The molecule has 0 unspecified atom stereocenters. The quantitative estimate of drug-likeness (QED) is 0.158. The summed E-state index contributed by atoms with van der Waals surface area (Å²) in [5, 5.41) is 0. The van der Waals surface area contributed by atoms with Gasteiger partial charge in [0.1, 0.15) is 0 Å². The van der Waals surface area contributed by atoms with E-state index in [0.717, 1.165) is 18.8 Å². The molecular formula is C50H54N2. The van der Waals surface area contributed by atoms with Crippen molar-refractivity contribution in [2.75, 3.05) is 9.80 Å². The van der Waals surface area contributed by atoms with Crippen LogP contribution in [0.15, 0.2) is 146 Å². The van der Waals surface area contributed by atoms with Gasteiger partial charge in [0.25, 0.3) is 0 Å². The van der Waals surface area contributed by atoms with Crippen molar-refractivity contribution in [3.8, 4) is 0 Å². The molecule has 0 heterocycles. The van der Waals surface area contributed by atoms with Crippen LogP contribution < -0.4 is 9.80 Å². The average Bonchev–Trinajstić information content (AvgIpc) is 3.15. The maximum Gasteiger partial charge on any atom is 0.0461 e. The van der Waals surface area contributed by atoms with Gasteiger partial charge in [-0.05, 0) is 149 Å². The fourth-order valence-corrected chi connectivity index (χ4v) is 8.25. The molecule has 0 spiro atoms. The lowest BCUT2D eigenvalue weighted by Crippen LogP contribution is -2.36. The van der Waals surface area contributed by atoms with Gasteiger partial charge in [0, 0.05) is 39.5 Å². The van der Waals surface area contributed by atoms with Crippen molar-refractivity contribution in [2.24, 2.45) is 11.3 Å². The molecule has 0 atom stereocenters. The number of benzene rings is 6. The second kappa shape index (κ2) is 14.5. The van der Waals surface area contributed by atoms with Crippen molar-refractivity contribution in [1.82, 2.24) is 0 Å². The standard InChI is InChI=1S/C50H54N2/c1-36-8-20-43(21-9-36)51(44-22-10-37(2)11-23-44)47-28-16-41(17-29-47)50(34-32-40(33-35-50)49(5,6)7)42-18-30-48(31-19-42)52(45-24-12-38(3)13-25-45)46-26-14-39(4)15-27-46/h8-31,40H,32-35H2,1-7H3. The third kappa shape index (κ3) is 7.30. The molecule has 1 saturated carbocycles. The highest BCUT2D eigenvalue weighted by Gasteiger charge is 2.41. The van der Waals surface area contributed by atoms with Gasteiger partial charge in [-0.15, -0.1) is 0 Å². The van der Waals surface area contributed by atoms with Crippen LogP contribution in [-0.4, -0.2) is 0 Å². The van der Waals surface area contributed by atoms with Crippen molar-refractivity contribution >= 4 is 34.1 Å². The normalized spacial score (nSPS) is 14.6. The van der Waals surface area contributed by atoms with Crippen molar-refractivity contribution in [1.29, 1.82) is 0 Å². The summed E-state index contributed by atoms with van der Waals surface area (Å²) < 4.78 is 0. The minimum Gasteiger partial charge on any atom is -0.311 e. The van der Waals surface area contributed by atoms with Crippen molar-refractivity contribution in [3.05, 3.63) is 179 Å². The molecule has 0 aromatic heterocycles. The van der Waals surface area contributed by atoms with Gasteiger partial charge >= 0.3 is 0 Å². The predicted octanol–water partition coefficient (Wildman–Crippen LogP) is 14.4. The van der Waals surface area contributed by atoms with E-state index in [4.69, 9.17) is 0 Å². The van der Waals surface area contributed by atoms with Crippen LogP contribution in [0.3, 0.4) is 0 Å². The van der Waals surface area contributed by atoms with Gasteiger partial charge in [0.05, 0.1) is 0 Å². The summed E-state index contributed by atoms with van der Waals surface area (Å²) >= 11 is 0. The van der Waals surface area contributed by atoms with Crippen LogP contribution in [0.5, 0.6) is 0 Å². The third-order valence-corrected chi connectivity index (χ3v) is 11.6. The molecule has 1 aliphatic rings. The fraction of sp³-hybridized carbons (Fsp3) is 0.280. The maximum absolute atomic E-state index is 2.42. The number of nitrogens with zero attached hydrogens (tertiary/aromatic N) is 2. The van der Waals surface area contributed by atoms with E-state index in [0.29, 0.717) is 5.41 Å². The van der Waals surface area contributed by atoms with E-state index < -0.39 is 0 Å². The lowest BCUT2D eigenvalue weighted by atomic mass is 9.59. The van der Waals surface area contributed by atoms with E-state index in [1.165, 1.54) is 80.3 Å². The van der Waals surface area contributed by atoms with Crippen LogP contribution in [0.25, 0.3) is 0 Å². The molecule has 6 aromatic rings. The summed E-state index contributed by atoms with van der Waals surface area (Å²) in [6.45, 7) is 15.9. The summed E-state index contributed by atoms with van der Waals surface area (Å²) in [5.41, 5.74) is 15.2. The molecule has 0 N–H and O–H groups in total. The molecule has 52 heavy (non-hydrogen) atoms. The summed E-state index contributed by atoms with van der Waals surface area (Å²) in [4.78, 5) is 4.76. The van der Waals surface area contributed by atoms with Crippen LogP contribution in [0.2, 0.25) is 0 Å². The molecule has 0 amide bonds. The predicted molar refractivity (Wildman–Crippen MR) is 223 cm³/mol. The van der Waals surface area contributed by atoms with Gasteiger partial charge in [0.15, 0.2) is 0 Å². The van der Waals surface area contributed by atoms with Gasteiger partial charge in [0.2, 0.25) is 0 Å². The van der Waals surface area contributed by atoms with Crippen LogP contribution >= 0.6 is 0 Å².